The van der Waals surface area contributed by atoms with Gasteiger partial charge in [-0.15, -0.1) is 0 Å². The van der Waals surface area contributed by atoms with Crippen molar-refractivity contribution >= 4 is 0 Å². The van der Waals surface area contributed by atoms with E-state index in [-0.39, 0.29) is 6.61 Å². The van der Waals surface area contributed by atoms with Crippen molar-refractivity contribution in [1.82, 2.24) is 0 Å². The number of hydrogen-bond donors (Lipinski definition) is 1. The number of aliphatic hydroxyl groups excluding tert-OH is 1. The van der Waals surface area contributed by atoms with Crippen LogP contribution in [0.25, 0.3) is 0 Å². The summed E-state index contributed by atoms with van der Waals surface area (Å²) in [5.74, 6) is 0. The molecule has 0 spiro atoms. The SMILES string of the molecule is C/C=C\C=C/CCO. The van der Waals surface area contributed by atoms with E-state index < -0.39 is 0 Å². The molecule has 0 aromatic rings. The van der Waals surface area contributed by atoms with Gasteiger partial charge in [0, 0.05) is 6.61 Å². The van der Waals surface area contributed by atoms with E-state index in [1.807, 2.05) is 31.2 Å². The minimum atomic E-state index is 0.244. The summed E-state index contributed by atoms with van der Waals surface area (Å²) in [6, 6.07) is 0. The Balaban J connectivity index is 3.07. The van der Waals surface area contributed by atoms with Crippen LogP contribution in [0.5, 0.6) is 0 Å². The Bertz CT molecular complexity index is 82.4. The molecule has 0 aliphatic rings. The van der Waals surface area contributed by atoms with Crippen LogP contribution in [0.15, 0.2) is 24.3 Å². The van der Waals surface area contributed by atoms with E-state index >= 15 is 0 Å². The topological polar surface area (TPSA) is 20.2 Å². The standard InChI is InChI=1S/C7H12O/c1-2-3-4-5-6-7-8/h2-5,8H,6-7H2,1H3/b3-2-,5-4-. The maximum atomic E-state index is 8.29. The second kappa shape index (κ2) is 6.44. The molecule has 0 saturated carbocycles. The van der Waals surface area contributed by atoms with Gasteiger partial charge in [0.15, 0.2) is 0 Å². The summed E-state index contributed by atoms with van der Waals surface area (Å²) < 4.78 is 0. The van der Waals surface area contributed by atoms with Crippen molar-refractivity contribution in [2.45, 2.75) is 13.3 Å². The summed E-state index contributed by atoms with van der Waals surface area (Å²) in [5, 5.41) is 8.29. The normalized spacial score (nSPS) is 11.8. The quantitative estimate of drug-likeness (QED) is 0.548. The van der Waals surface area contributed by atoms with Crippen molar-refractivity contribution in [3.8, 4) is 0 Å². The van der Waals surface area contributed by atoms with Gasteiger partial charge in [0.1, 0.15) is 0 Å². The lowest BCUT2D eigenvalue weighted by molar-refractivity contribution is 0.302. The Morgan fingerprint density at radius 1 is 1.38 bits per heavy atom. The first kappa shape index (κ1) is 7.44. The van der Waals surface area contributed by atoms with Crippen molar-refractivity contribution in [1.29, 1.82) is 0 Å². The molecule has 0 atom stereocenters. The summed E-state index contributed by atoms with van der Waals surface area (Å²) in [7, 11) is 0. The van der Waals surface area contributed by atoms with Crippen LogP contribution < -0.4 is 0 Å². The molecule has 1 nitrogen and oxygen atoms in total. The summed E-state index contributed by atoms with van der Waals surface area (Å²) in [6.45, 7) is 2.21. The molecule has 8 heavy (non-hydrogen) atoms. The van der Waals surface area contributed by atoms with Gasteiger partial charge in [-0.25, -0.2) is 0 Å². The second-order valence-corrected chi connectivity index (χ2v) is 1.47. The fourth-order valence-corrected chi connectivity index (χ4v) is 0.360. The number of rotatable bonds is 3. The lowest BCUT2D eigenvalue weighted by Gasteiger charge is -1.78. The molecule has 1 heteroatoms. The van der Waals surface area contributed by atoms with Crippen molar-refractivity contribution in [2.24, 2.45) is 0 Å². The summed E-state index contributed by atoms with van der Waals surface area (Å²) in [4.78, 5) is 0. The third-order valence-corrected chi connectivity index (χ3v) is 0.735. The maximum Gasteiger partial charge on any atom is 0.0465 e. The molecule has 0 aliphatic heterocycles. The molecular weight excluding hydrogens is 100 g/mol. The highest BCUT2D eigenvalue weighted by Crippen LogP contribution is 1.80. The third-order valence-electron chi connectivity index (χ3n) is 0.735. The smallest absolute Gasteiger partial charge is 0.0465 e. The first-order chi connectivity index (χ1) is 3.91. The van der Waals surface area contributed by atoms with Gasteiger partial charge in [-0.3, -0.25) is 0 Å². The average Bonchev–Trinajstić information content (AvgIpc) is 1.81. The van der Waals surface area contributed by atoms with Crippen LogP contribution in [0.3, 0.4) is 0 Å². The van der Waals surface area contributed by atoms with Gasteiger partial charge in [-0.2, -0.15) is 0 Å². The van der Waals surface area contributed by atoms with E-state index in [0.29, 0.717) is 0 Å². The number of allylic oxidation sites excluding steroid dienone is 3. The molecule has 0 saturated heterocycles. The van der Waals surface area contributed by atoms with Crippen LogP contribution in [0.2, 0.25) is 0 Å². The molecule has 0 aromatic heterocycles. The molecule has 0 unspecified atom stereocenters. The fraction of sp³-hybridized carbons (Fsp3) is 0.429. The van der Waals surface area contributed by atoms with Gasteiger partial charge in [0.2, 0.25) is 0 Å². The summed E-state index contributed by atoms with van der Waals surface area (Å²) in [6.07, 6.45) is 8.50. The van der Waals surface area contributed by atoms with E-state index in [9.17, 15) is 0 Å². The van der Waals surface area contributed by atoms with Crippen molar-refractivity contribution in [3.63, 3.8) is 0 Å². The minimum Gasteiger partial charge on any atom is -0.396 e. The zero-order valence-corrected chi connectivity index (χ0v) is 5.17. The van der Waals surface area contributed by atoms with Crippen molar-refractivity contribution in [2.75, 3.05) is 6.61 Å². The van der Waals surface area contributed by atoms with Crippen LogP contribution in [-0.4, -0.2) is 11.7 Å². The zero-order chi connectivity index (χ0) is 6.24. The predicted octanol–water partition coefficient (Wildman–Crippen LogP) is 1.50. The minimum absolute atomic E-state index is 0.244. The van der Waals surface area contributed by atoms with Gasteiger partial charge in [-0.1, -0.05) is 24.3 Å². The first-order valence-electron chi connectivity index (χ1n) is 2.80. The fourth-order valence-electron chi connectivity index (χ4n) is 0.360. The molecule has 0 aliphatic carbocycles. The maximum absolute atomic E-state index is 8.29. The van der Waals surface area contributed by atoms with Crippen LogP contribution in [0, 0.1) is 0 Å². The van der Waals surface area contributed by atoms with Gasteiger partial charge < -0.3 is 5.11 Å². The van der Waals surface area contributed by atoms with Crippen molar-refractivity contribution in [3.05, 3.63) is 24.3 Å². The van der Waals surface area contributed by atoms with E-state index in [1.165, 1.54) is 0 Å². The third kappa shape index (κ3) is 5.44. The van der Waals surface area contributed by atoms with Gasteiger partial charge in [-0.05, 0) is 13.3 Å². The predicted molar refractivity (Wildman–Crippen MR) is 35.7 cm³/mol. The van der Waals surface area contributed by atoms with Crippen LogP contribution >= 0.6 is 0 Å². The summed E-state index contributed by atoms with van der Waals surface area (Å²) in [5.41, 5.74) is 0. The average molecular weight is 112 g/mol. The second-order valence-electron chi connectivity index (χ2n) is 1.47. The van der Waals surface area contributed by atoms with E-state index in [2.05, 4.69) is 0 Å². The lowest BCUT2D eigenvalue weighted by atomic mass is 10.4. The monoisotopic (exact) mass is 112 g/mol. The van der Waals surface area contributed by atoms with Gasteiger partial charge in [0.05, 0.1) is 0 Å². The largest absolute Gasteiger partial charge is 0.396 e. The summed E-state index contributed by atoms with van der Waals surface area (Å²) >= 11 is 0. The Labute approximate surface area is 50.3 Å². The molecule has 46 valence electrons. The Morgan fingerprint density at radius 3 is 2.62 bits per heavy atom. The molecule has 0 heterocycles. The molecular formula is C7H12O. The molecule has 0 amide bonds. The zero-order valence-electron chi connectivity index (χ0n) is 5.17. The lowest BCUT2D eigenvalue weighted by Crippen LogP contribution is -1.73. The van der Waals surface area contributed by atoms with Crippen LogP contribution in [-0.2, 0) is 0 Å². The molecule has 0 bridgehead atoms. The Kier molecular flexibility index (Phi) is 5.99. The highest BCUT2D eigenvalue weighted by molar-refractivity contribution is 5.00. The molecule has 0 aromatic carbocycles. The van der Waals surface area contributed by atoms with E-state index in [4.69, 9.17) is 5.11 Å². The van der Waals surface area contributed by atoms with Crippen LogP contribution in [0.4, 0.5) is 0 Å². The molecule has 0 fully saturated rings. The molecule has 0 radical (unpaired) electrons. The molecule has 0 rings (SSSR count). The van der Waals surface area contributed by atoms with E-state index in [0.717, 1.165) is 6.42 Å². The highest BCUT2D eigenvalue weighted by Gasteiger charge is 1.67. The van der Waals surface area contributed by atoms with Gasteiger partial charge >= 0.3 is 0 Å². The number of hydrogen-bond acceptors (Lipinski definition) is 1. The first-order valence-corrected chi connectivity index (χ1v) is 2.80. The van der Waals surface area contributed by atoms with E-state index in [1.54, 1.807) is 0 Å². The molecule has 1 N–H and O–H groups in total. The van der Waals surface area contributed by atoms with Gasteiger partial charge in [0.25, 0.3) is 0 Å². The van der Waals surface area contributed by atoms with Crippen molar-refractivity contribution < 1.29 is 5.11 Å². The number of aliphatic hydroxyl groups is 1. The Morgan fingerprint density at radius 2 is 2.12 bits per heavy atom. The van der Waals surface area contributed by atoms with Crippen LogP contribution in [0.1, 0.15) is 13.3 Å². The highest BCUT2D eigenvalue weighted by atomic mass is 16.2. The Hall–Kier alpha value is -0.560.